The van der Waals surface area contributed by atoms with E-state index in [1.54, 1.807) is 0 Å². The molecular weight excluding hydrogens is 360 g/mol. The Morgan fingerprint density at radius 2 is 2.08 bits per heavy atom. The Balaban J connectivity index is 2.14. The molecule has 0 unspecified atom stereocenters. The minimum atomic E-state index is -4.14. The van der Waals surface area contributed by atoms with Crippen LogP contribution in [0.5, 0.6) is 0 Å². The molecule has 1 aromatic heterocycles. The fourth-order valence-electron chi connectivity index (χ4n) is 2.69. The van der Waals surface area contributed by atoms with E-state index in [-0.39, 0.29) is 27.6 Å². The molecule has 0 spiro atoms. The van der Waals surface area contributed by atoms with Crippen molar-refractivity contribution in [1.29, 1.82) is 0 Å². The number of carbonyl (C=O) groups is 1. The molecule has 1 aromatic carbocycles. The van der Waals surface area contributed by atoms with Crippen molar-refractivity contribution in [3.05, 3.63) is 45.7 Å². The maximum atomic E-state index is 14.0. The molecule has 128 valence electrons. The minimum absolute atomic E-state index is 0.0271. The number of anilines is 1. The van der Waals surface area contributed by atoms with E-state index in [0.717, 1.165) is 34.9 Å². The summed E-state index contributed by atoms with van der Waals surface area (Å²) in [6, 6.07) is 3.02. The van der Waals surface area contributed by atoms with Crippen molar-refractivity contribution in [3.63, 3.8) is 0 Å². The van der Waals surface area contributed by atoms with Crippen LogP contribution >= 0.6 is 11.3 Å². The van der Waals surface area contributed by atoms with E-state index in [4.69, 9.17) is 0 Å². The third-order valence-corrected chi connectivity index (χ3v) is 6.64. The maximum absolute atomic E-state index is 14.0. The zero-order valence-electron chi connectivity index (χ0n) is 12.6. The lowest BCUT2D eigenvalue weighted by Gasteiger charge is -2.30. The van der Waals surface area contributed by atoms with Crippen LogP contribution in [0.2, 0.25) is 0 Å². The van der Waals surface area contributed by atoms with Gasteiger partial charge in [0.1, 0.15) is 21.4 Å². The molecule has 2 aromatic rings. The van der Waals surface area contributed by atoms with Crippen LogP contribution in [0.15, 0.2) is 28.5 Å². The van der Waals surface area contributed by atoms with Gasteiger partial charge in [0.25, 0.3) is 10.0 Å². The van der Waals surface area contributed by atoms with Gasteiger partial charge >= 0.3 is 5.97 Å². The van der Waals surface area contributed by atoms with Gasteiger partial charge in [0.05, 0.1) is 12.8 Å². The summed E-state index contributed by atoms with van der Waals surface area (Å²) in [5.74, 6) is -2.40. The first-order chi connectivity index (χ1) is 11.4. The number of benzene rings is 1. The quantitative estimate of drug-likeness (QED) is 0.776. The molecule has 0 saturated carbocycles. The lowest BCUT2D eigenvalue weighted by atomic mass is 10.0. The van der Waals surface area contributed by atoms with Gasteiger partial charge in [0.2, 0.25) is 0 Å². The highest BCUT2D eigenvalue weighted by atomic mass is 32.2. The number of esters is 1. The normalized spacial score (nSPS) is 14.4. The number of hydrogen-bond donors (Lipinski definition) is 0. The maximum Gasteiger partial charge on any atom is 0.349 e. The number of rotatable bonds is 3. The molecule has 0 radical (unpaired) electrons. The van der Waals surface area contributed by atoms with Crippen molar-refractivity contribution in [2.24, 2.45) is 0 Å². The van der Waals surface area contributed by atoms with Gasteiger partial charge < -0.3 is 4.74 Å². The summed E-state index contributed by atoms with van der Waals surface area (Å²) in [5.41, 5.74) is 0.127. The summed E-state index contributed by atoms with van der Waals surface area (Å²) in [5, 5.41) is 1.45. The summed E-state index contributed by atoms with van der Waals surface area (Å²) in [6.07, 6.45) is 0.716. The number of fused-ring (bicyclic) bond motifs is 1. The number of sulfonamides is 1. The number of halogens is 2. The second-order valence-corrected chi connectivity index (χ2v) is 7.92. The van der Waals surface area contributed by atoms with E-state index < -0.39 is 27.6 Å². The third-order valence-electron chi connectivity index (χ3n) is 3.76. The Morgan fingerprint density at radius 3 is 2.79 bits per heavy atom. The number of ether oxygens (including phenoxy) is 1. The molecule has 0 atom stereocenters. The van der Waals surface area contributed by atoms with Gasteiger partial charge in [-0.15, -0.1) is 11.3 Å². The number of methoxy groups -OCH3 is 1. The van der Waals surface area contributed by atoms with Gasteiger partial charge in [0, 0.05) is 18.2 Å². The molecule has 0 aliphatic carbocycles. The topological polar surface area (TPSA) is 63.7 Å². The number of carbonyl (C=O) groups excluding carboxylic acids is 1. The van der Waals surface area contributed by atoms with Crippen LogP contribution in [0.25, 0.3) is 0 Å². The Morgan fingerprint density at radius 1 is 1.33 bits per heavy atom. The van der Waals surface area contributed by atoms with E-state index >= 15 is 0 Å². The van der Waals surface area contributed by atoms with Gasteiger partial charge in [-0.25, -0.2) is 22.0 Å². The van der Waals surface area contributed by atoms with Crippen molar-refractivity contribution in [2.45, 2.75) is 17.7 Å². The van der Waals surface area contributed by atoms with Gasteiger partial charge in [-0.3, -0.25) is 4.31 Å². The molecule has 9 heteroatoms. The summed E-state index contributed by atoms with van der Waals surface area (Å²) >= 11 is 0.932. The van der Waals surface area contributed by atoms with Crippen LogP contribution in [0.3, 0.4) is 0 Å². The van der Waals surface area contributed by atoms with Gasteiger partial charge in [-0.1, -0.05) is 0 Å². The van der Waals surface area contributed by atoms with Gasteiger partial charge in [-0.2, -0.15) is 0 Å². The Kier molecular flexibility index (Phi) is 4.31. The average molecular weight is 373 g/mol. The van der Waals surface area contributed by atoms with Crippen LogP contribution in [-0.2, 0) is 21.2 Å². The lowest BCUT2D eigenvalue weighted by molar-refractivity contribution is 0.0602. The molecule has 0 fully saturated rings. The largest absolute Gasteiger partial charge is 0.465 e. The predicted octanol–water partition coefficient (Wildman–Crippen LogP) is 2.95. The molecule has 1 aliphatic rings. The predicted molar refractivity (Wildman–Crippen MR) is 84.9 cm³/mol. The van der Waals surface area contributed by atoms with E-state index in [0.29, 0.717) is 12.8 Å². The Bertz CT molecular complexity index is 908. The number of nitrogens with zero attached hydrogens (tertiary/aromatic N) is 1. The summed E-state index contributed by atoms with van der Waals surface area (Å²) < 4.78 is 59.0. The highest BCUT2D eigenvalue weighted by Gasteiger charge is 2.34. The Hall–Kier alpha value is -2.00. The standard InChI is InChI=1S/C15H13F2NO4S2/c1-22-15(19)14-13(4-6-23-14)24(20,21)18-5-2-3-10-11(17)7-9(16)8-12(10)18/h4,6-8H,2-3,5H2,1H3. The van der Waals surface area contributed by atoms with E-state index in [9.17, 15) is 22.0 Å². The molecule has 24 heavy (non-hydrogen) atoms. The average Bonchev–Trinajstić information content (AvgIpc) is 3.04. The van der Waals surface area contributed by atoms with E-state index in [2.05, 4.69) is 4.74 Å². The first kappa shape index (κ1) is 16.8. The zero-order chi connectivity index (χ0) is 17.5. The molecule has 0 saturated heterocycles. The van der Waals surface area contributed by atoms with E-state index in [1.807, 2.05) is 0 Å². The second-order valence-electron chi connectivity index (χ2n) is 5.17. The molecule has 2 heterocycles. The molecule has 1 aliphatic heterocycles. The van der Waals surface area contributed by atoms with Crippen LogP contribution < -0.4 is 4.31 Å². The number of thiophene rings is 1. The van der Waals surface area contributed by atoms with Crippen LogP contribution in [0.4, 0.5) is 14.5 Å². The fraction of sp³-hybridized carbons (Fsp3) is 0.267. The highest BCUT2D eigenvalue weighted by Crippen LogP contribution is 2.36. The molecule has 3 rings (SSSR count). The van der Waals surface area contributed by atoms with Gasteiger partial charge in [-0.05, 0) is 30.4 Å². The Labute approximate surface area is 141 Å². The van der Waals surface area contributed by atoms with Crippen molar-refractivity contribution in [2.75, 3.05) is 18.0 Å². The molecule has 0 N–H and O–H groups in total. The van der Waals surface area contributed by atoms with Crippen molar-refractivity contribution in [3.8, 4) is 0 Å². The molecule has 0 amide bonds. The summed E-state index contributed by atoms with van der Waals surface area (Å²) in [6.45, 7) is 0.0781. The fourth-order valence-corrected chi connectivity index (χ4v) is 5.53. The highest BCUT2D eigenvalue weighted by molar-refractivity contribution is 7.93. The van der Waals surface area contributed by atoms with Crippen LogP contribution in [0, 0.1) is 11.6 Å². The van der Waals surface area contributed by atoms with Crippen molar-refractivity contribution in [1.82, 2.24) is 0 Å². The van der Waals surface area contributed by atoms with Crippen molar-refractivity contribution >= 4 is 33.0 Å². The SMILES string of the molecule is COC(=O)c1sccc1S(=O)(=O)N1CCCc2c(F)cc(F)cc21. The zero-order valence-corrected chi connectivity index (χ0v) is 14.2. The first-order valence-corrected chi connectivity index (χ1v) is 9.34. The molecule has 5 nitrogen and oxygen atoms in total. The number of hydrogen-bond acceptors (Lipinski definition) is 5. The summed E-state index contributed by atoms with van der Waals surface area (Å²) in [7, 11) is -2.99. The molecule has 0 bridgehead atoms. The molecular formula is C15H13F2NO4S2. The van der Waals surface area contributed by atoms with Crippen molar-refractivity contribution < 1.29 is 26.7 Å². The smallest absolute Gasteiger partial charge is 0.349 e. The third kappa shape index (κ3) is 2.67. The van der Waals surface area contributed by atoms with Gasteiger partial charge in [0.15, 0.2) is 0 Å². The minimum Gasteiger partial charge on any atom is -0.465 e. The second kappa shape index (κ2) is 6.14. The van der Waals surface area contributed by atoms with Crippen LogP contribution in [-0.4, -0.2) is 28.0 Å². The summed E-state index contributed by atoms with van der Waals surface area (Å²) in [4.78, 5) is 11.5. The lowest BCUT2D eigenvalue weighted by Crippen LogP contribution is -2.36. The van der Waals surface area contributed by atoms with E-state index in [1.165, 1.54) is 11.4 Å². The first-order valence-electron chi connectivity index (χ1n) is 7.02. The monoisotopic (exact) mass is 373 g/mol. The van der Waals surface area contributed by atoms with Crippen LogP contribution in [0.1, 0.15) is 21.7 Å².